The molecule has 10 heteroatoms. The Kier molecular flexibility index (Phi) is 10.0. The number of halogens is 4. The van der Waals surface area contributed by atoms with Crippen LogP contribution in [0.2, 0.25) is 0 Å². The number of amides is 1. The first-order valence-electron chi connectivity index (χ1n) is 9.04. The molecule has 0 aliphatic carbocycles. The predicted octanol–water partition coefficient (Wildman–Crippen LogP) is 2.44. The predicted molar refractivity (Wildman–Crippen MR) is 114 cm³/mol. The monoisotopic (exact) mass is 513 g/mol. The van der Waals surface area contributed by atoms with E-state index in [0.29, 0.717) is 25.1 Å². The van der Waals surface area contributed by atoms with Gasteiger partial charge in [-0.2, -0.15) is 13.2 Å². The minimum Gasteiger partial charge on any atom is -0.370 e. The highest BCUT2D eigenvalue weighted by atomic mass is 127. The van der Waals surface area contributed by atoms with Crippen LogP contribution in [0.4, 0.5) is 13.2 Å². The minimum atomic E-state index is -4.41. The van der Waals surface area contributed by atoms with Crippen LogP contribution in [-0.2, 0) is 6.18 Å². The van der Waals surface area contributed by atoms with Crippen LogP contribution in [-0.4, -0.2) is 55.5 Å². The van der Waals surface area contributed by atoms with Gasteiger partial charge in [-0.1, -0.05) is 6.92 Å². The third kappa shape index (κ3) is 7.46. The van der Waals surface area contributed by atoms with Crippen molar-refractivity contribution < 1.29 is 18.0 Å². The van der Waals surface area contributed by atoms with Gasteiger partial charge in [-0.3, -0.25) is 14.7 Å². The molecule has 1 heterocycles. The maximum atomic E-state index is 12.5. The maximum absolute atomic E-state index is 12.5. The molecule has 158 valence electrons. The van der Waals surface area contributed by atoms with E-state index in [-0.39, 0.29) is 36.1 Å². The van der Waals surface area contributed by atoms with Gasteiger partial charge in [0.1, 0.15) is 0 Å². The molecule has 1 aromatic rings. The van der Waals surface area contributed by atoms with Crippen LogP contribution in [0.5, 0.6) is 0 Å². The molecule has 1 amide bonds. The van der Waals surface area contributed by atoms with E-state index in [1.165, 1.54) is 6.42 Å². The van der Waals surface area contributed by atoms with E-state index in [0.717, 1.165) is 43.8 Å². The molecule has 0 spiro atoms. The summed E-state index contributed by atoms with van der Waals surface area (Å²) >= 11 is 0. The fourth-order valence-corrected chi connectivity index (χ4v) is 3.06. The summed E-state index contributed by atoms with van der Waals surface area (Å²) in [6.07, 6.45) is -2.12. The largest absolute Gasteiger partial charge is 0.416 e. The lowest BCUT2D eigenvalue weighted by Crippen LogP contribution is -2.39. The number of carbonyl (C=O) groups is 1. The van der Waals surface area contributed by atoms with Crippen LogP contribution < -0.4 is 16.4 Å². The Morgan fingerprint density at radius 2 is 1.89 bits per heavy atom. The van der Waals surface area contributed by atoms with E-state index >= 15 is 0 Å². The number of nitrogens with two attached hydrogens (primary N) is 1. The van der Waals surface area contributed by atoms with Crippen molar-refractivity contribution >= 4 is 35.8 Å². The maximum Gasteiger partial charge on any atom is 0.416 e. The third-order valence-electron chi connectivity index (χ3n) is 4.57. The number of aliphatic imine (C=N–C) groups is 1. The minimum absolute atomic E-state index is 0. The summed E-state index contributed by atoms with van der Waals surface area (Å²) in [5, 5.41) is 5.55. The lowest BCUT2D eigenvalue weighted by Gasteiger charge is -2.20. The zero-order valence-corrected chi connectivity index (χ0v) is 18.1. The molecule has 0 bridgehead atoms. The summed E-state index contributed by atoms with van der Waals surface area (Å²) in [7, 11) is 0. The van der Waals surface area contributed by atoms with Crippen LogP contribution in [0.25, 0.3) is 0 Å². The molecule has 1 aliphatic rings. The molecule has 28 heavy (non-hydrogen) atoms. The molecule has 1 aromatic carbocycles. The van der Waals surface area contributed by atoms with Gasteiger partial charge in [-0.05, 0) is 50.2 Å². The summed E-state index contributed by atoms with van der Waals surface area (Å²) in [5.74, 6) is -0.118. The molecular formula is C18H27F3IN5O. The van der Waals surface area contributed by atoms with E-state index in [1.54, 1.807) is 0 Å². The van der Waals surface area contributed by atoms with Gasteiger partial charge in [0, 0.05) is 24.7 Å². The van der Waals surface area contributed by atoms with Crippen LogP contribution in [0, 0.1) is 0 Å². The molecule has 1 fully saturated rings. The van der Waals surface area contributed by atoms with E-state index in [4.69, 9.17) is 5.73 Å². The zero-order valence-electron chi connectivity index (χ0n) is 15.8. The van der Waals surface area contributed by atoms with Gasteiger partial charge >= 0.3 is 6.18 Å². The quantitative estimate of drug-likeness (QED) is 0.227. The summed E-state index contributed by atoms with van der Waals surface area (Å²) in [4.78, 5) is 18.6. The van der Waals surface area contributed by atoms with Crippen molar-refractivity contribution in [3.63, 3.8) is 0 Å². The number of hydrogen-bond acceptors (Lipinski definition) is 3. The summed E-state index contributed by atoms with van der Waals surface area (Å²) in [5.41, 5.74) is 5.21. The lowest BCUT2D eigenvalue weighted by molar-refractivity contribution is -0.137. The summed E-state index contributed by atoms with van der Waals surface area (Å²) in [6, 6.07) is 4.51. The second-order valence-electron chi connectivity index (χ2n) is 6.41. The zero-order chi connectivity index (χ0) is 19.9. The number of nitrogens with one attached hydrogen (secondary N) is 2. The SMILES string of the molecule is CCN1CCCC1CN=C(N)NCCNC(=O)c1ccc(C(F)(F)F)cc1.I. The van der Waals surface area contributed by atoms with Crippen LogP contribution in [0.15, 0.2) is 29.3 Å². The number of carbonyl (C=O) groups excluding carboxylic acids is 1. The van der Waals surface area contributed by atoms with Crippen LogP contribution in [0.1, 0.15) is 35.7 Å². The smallest absolute Gasteiger partial charge is 0.370 e. The number of likely N-dealkylation sites (N-methyl/N-ethyl adjacent to an activating group) is 1. The van der Waals surface area contributed by atoms with E-state index in [2.05, 4.69) is 27.4 Å². The van der Waals surface area contributed by atoms with Crippen molar-refractivity contribution in [2.45, 2.75) is 32.0 Å². The van der Waals surface area contributed by atoms with Crippen LogP contribution in [0.3, 0.4) is 0 Å². The lowest BCUT2D eigenvalue weighted by atomic mass is 10.1. The number of guanidine groups is 1. The van der Waals surface area contributed by atoms with Gasteiger partial charge in [-0.25, -0.2) is 0 Å². The Morgan fingerprint density at radius 3 is 2.50 bits per heavy atom. The first-order valence-corrected chi connectivity index (χ1v) is 9.04. The molecule has 0 aromatic heterocycles. The number of alkyl halides is 3. The van der Waals surface area contributed by atoms with Crippen molar-refractivity contribution in [3.05, 3.63) is 35.4 Å². The second-order valence-corrected chi connectivity index (χ2v) is 6.41. The Balaban J connectivity index is 0.00000392. The number of likely N-dealkylation sites (tertiary alicyclic amines) is 1. The Hall–Kier alpha value is -1.56. The molecule has 4 N–H and O–H groups in total. The average Bonchev–Trinajstić information content (AvgIpc) is 3.10. The fourth-order valence-electron chi connectivity index (χ4n) is 3.06. The highest BCUT2D eigenvalue weighted by molar-refractivity contribution is 14.0. The van der Waals surface area contributed by atoms with Crippen LogP contribution >= 0.6 is 24.0 Å². The number of benzene rings is 1. The Bertz CT molecular complexity index is 652. The number of nitrogens with zero attached hydrogens (tertiary/aromatic N) is 2. The topological polar surface area (TPSA) is 82.8 Å². The molecule has 1 saturated heterocycles. The standard InChI is InChI=1S/C18H26F3N5O.HI/c1-2-26-11-3-4-15(26)12-25-17(22)24-10-9-23-16(27)13-5-7-14(8-6-13)18(19,20)21;/h5-8,15H,2-4,9-12H2,1H3,(H,23,27)(H3,22,24,25);1H. The van der Waals surface area contributed by atoms with Crippen molar-refractivity contribution in [3.8, 4) is 0 Å². The Labute approximate surface area is 180 Å². The molecule has 1 unspecified atom stereocenters. The van der Waals surface area contributed by atoms with Crippen molar-refractivity contribution in [1.29, 1.82) is 0 Å². The highest BCUT2D eigenvalue weighted by Crippen LogP contribution is 2.29. The Morgan fingerprint density at radius 1 is 1.25 bits per heavy atom. The normalized spacial score (nSPS) is 17.9. The van der Waals surface area contributed by atoms with E-state index in [9.17, 15) is 18.0 Å². The highest BCUT2D eigenvalue weighted by Gasteiger charge is 2.30. The average molecular weight is 513 g/mol. The van der Waals surface area contributed by atoms with E-state index < -0.39 is 17.6 Å². The molecule has 1 atom stereocenters. The third-order valence-corrected chi connectivity index (χ3v) is 4.57. The molecule has 1 aliphatic heterocycles. The second kappa shape index (κ2) is 11.4. The van der Waals surface area contributed by atoms with Gasteiger partial charge in [-0.15, -0.1) is 24.0 Å². The molecule has 6 nitrogen and oxygen atoms in total. The van der Waals surface area contributed by atoms with Gasteiger partial charge in [0.25, 0.3) is 5.91 Å². The molecule has 2 rings (SSSR count). The first-order chi connectivity index (χ1) is 12.8. The van der Waals surface area contributed by atoms with Crippen molar-refractivity contribution in [2.24, 2.45) is 10.7 Å². The summed E-state index contributed by atoms with van der Waals surface area (Å²) < 4.78 is 37.5. The molecular weight excluding hydrogens is 486 g/mol. The summed E-state index contributed by atoms with van der Waals surface area (Å²) in [6.45, 7) is 5.53. The van der Waals surface area contributed by atoms with Gasteiger partial charge in [0.2, 0.25) is 0 Å². The number of hydrogen-bond donors (Lipinski definition) is 3. The van der Waals surface area contributed by atoms with E-state index in [1.807, 2.05) is 0 Å². The van der Waals surface area contributed by atoms with Gasteiger partial charge < -0.3 is 16.4 Å². The molecule has 0 radical (unpaired) electrons. The van der Waals surface area contributed by atoms with Crippen molar-refractivity contribution in [2.75, 3.05) is 32.7 Å². The van der Waals surface area contributed by atoms with Crippen molar-refractivity contribution in [1.82, 2.24) is 15.5 Å². The van der Waals surface area contributed by atoms with Gasteiger partial charge in [0.05, 0.1) is 12.1 Å². The fraction of sp³-hybridized carbons (Fsp3) is 0.556. The molecule has 0 saturated carbocycles. The first kappa shape index (κ1) is 24.5. The number of rotatable bonds is 7. The van der Waals surface area contributed by atoms with Gasteiger partial charge in [0.15, 0.2) is 5.96 Å².